The molecule has 8 rings (SSSR count). The first-order valence-corrected chi connectivity index (χ1v) is 14.5. The van der Waals surface area contributed by atoms with Crippen molar-refractivity contribution in [3.8, 4) is 22.7 Å². The number of aryl methyl sites for hydroxylation is 1. The van der Waals surface area contributed by atoms with Gasteiger partial charge in [-0.1, -0.05) is 24.3 Å². The van der Waals surface area contributed by atoms with Crippen LogP contribution in [0.25, 0.3) is 54.6 Å². The smallest absolute Gasteiger partial charge is 0.247 e. The second kappa shape index (κ2) is 9.39. The number of likely N-dealkylation sites (tertiary alicyclic amines) is 1. The summed E-state index contributed by atoms with van der Waals surface area (Å²) in [7, 11) is 1.94. The van der Waals surface area contributed by atoms with Crippen molar-refractivity contribution in [3.05, 3.63) is 83.7 Å². The maximum absolute atomic E-state index is 6.31. The Hall–Kier alpha value is -4.34. The molecular formula is C31H27N7OS. The van der Waals surface area contributed by atoms with Crippen molar-refractivity contribution < 1.29 is 4.42 Å². The highest BCUT2D eigenvalue weighted by Gasteiger charge is 2.27. The predicted molar refractivity (Wildman–Crippen MR) is 158 cm³/mol. The van der Waals surface area contributed by atoms with Gasteiger partial charge in [-0.2, -0.15) is 10.2 Å². The number of aromatic nitrogens is 6. The topological polar surface area (TPSA) is 88.7 Å². The van der Waals surface area contributed by atoms with Crippen LogP contribution < -0.4 is 0 Å². The van der Waals surface area contributed by atoms with Crippen LogP contribution in [0.15, 0.2) is 76.7 Å². The molecule has 198 valence electrons. The van der Waals surface area contributed by atoms with Crippen LogP contribution in [-0.4, -0.2) is 48.2 Å². The summed E-state index contributed by atoms with van der Waals surface area (Å²) in [5.74, 6) is 1.51. The molecule has 0 radical (unpaired) electrons. The molecule has 0 amide bonds. The Labute approximate surface area is 234 Å². The lowest BCUT2D eigenvalue weighted by Crippen LogP contribution is -2.33. The van der Waals surface area contributed by atoms with Gasteiger partial charge in [0.25, 0.3) is 0 Å². The molecule has 1 atom stereocenters. The quantitative estimate of drug-likeness (QED) is 0.257. The van der Waals surface area contributed by atoms with Crippen molar-refractivity contribution >= 4 is 43.2 Å². The van der Waals surface area contributed by atoms with Gasteiger partial charge in [0.2, 0.25) is 11.8 Å². The monoisotopic (exact) mass is 545 g/mol. The lowest BCUT2D eigenvalue weighted by molar-refractivity contribution is 0.187. The van der Waals surface area contributed by atoms with E-state index in [-0.39, 0.29) is 5.92 Å². The van der Waals surface area contributed by atoms with Gasteiger partial charge in [0.1, 0.15) is 0 Å². The number of aromatic amines is 1. The molecule has 40 heavy (non-hydrogen) atoms. The summed E-state index contributed by atoms with van der Waals surface area (Å²) in [5, 5.41) is 27.0. The largest absolute Gasteiger partial charge is 0.420 e. The number of rotatable bonds is 5. The molecule has 4 aromatic heterocycles. The van der Waals surface area contributed by atoms with Gasteiger partial charge < -0.3 is 4.42 Å². The zero-order chi connectivity index (χ0) is 26.6. The molecular weight excluding hydrogens is 518 g/mol. The van der Waals surface area contributed by atoms with E-state index in [1.54, 1.807) is 0 Å². The number of hydrogen-bond donors (Lipinski definition) is 1. The molecule has 0 bridgehead atoms. The molecule has 0 unspecified atom stereocenters. The summed E-state index contributed by atoms with van der Waals surface area (Å²) in [6, 6.07) is 21.0. The van der Waals surface area contributed by atoms with E-state index < -0.39 is 0 Å². The molecule has 1 aliphatic rings. The van der Waals surface area contributed by atoms with E-state index in [2.05, 4.69) is 78.2 Å². The van der Waals surface area contributed by atoms with Crippen LogP contribution >= 0.6 is 11.3 Å². The van der Waals surface area contributed by atoms with E-state index in [0.717, 1.165) is 77.0 Å². The molecule has 1 fully saturated rings. The Balaban J connectivity index is 1.05. The Morgan fingerprint density at radius 1 is 1.02 bits per heavy atom. The maximum Gasteiger partial charge on any atom is 0.247 e. The molecule has 1 aliphatic heterocycles. The molecule has 1 N–H and O–H groups in total. The Morgan fingerprint density at radius 2 is 1.95 bits per heavy atom. The van der Waals surface area contributed by atoms with E-state index in [4.69, 9.17) is 4.42 Å². The summed E-state index contributed by atoms with van der Waals surface area (Å²) < 4.78 is 9.49. The van der Waals surface area contributed by atoms with Crippen molar-refractivity contribution in [1.29, 1.82) is 0 Å². The number of piperidine rings is 1. The lowest BCUT2D eigenvalue weighted by Gasteiger charge is -2.30. The molecule has 8 nitrogen and oxygen atoms in total. The maximum atomic E-state index is 6.31. The van der Waals surface area contributed by atoms with Crippen molar-refractivity contribution in [3.63, 3.8) is 0 Å². The second-order valence-electron chi connectivity index (χ2n) is 10.7. The molecule has 0 aliphatic carbocycles. The molecule has 0 spiro atoms. The zero-order valence-electron chi connectivity index (χ0n) is 22.0. The first-order chi connectivity index (χ1) is 19.7. The number of hydrogen-bond acceptors (Lipinski definition) is 7. The second-order valence-corrected chi connectivity index (χ2v) is 11.6. The molecule has 0 saturated carbocycles. The predicted octanol–water partition coefficient (Wildman–Crippen LogP) is 6.76. The Kier molecular flexibility index (Phi) is 5.53. The lowest BCUT2D eigenvalue weighted by atomic mass is 9.97. The van der Waals surface area contributed by atoms with E-state index in [0.29, 0.717) is 5.89 Å². The van der Waals surface area contributed by atoms with Gasteiger partial charge in [-0.15, -0.1) is 21.5 Å². The van der Waals surface area contributed by atoms with Gasteiger partial charge in [-0.25, -0.2) is 0 Å². The molecule has 9 heteroatoms. The fourth-order valence-corrected chi connectivity index (χ4v) is 6.93. The van der Waals surface area contributed by atoms with Crippen LogP contribution in [-0.2, 0) is 13.6 Å². The molecule has 5 heterocycles. The van der Waals surface area contributed by atoms with Gasteiger partial charge in [0, 0.05) is 52.9 Å². The van der Waals surface area contributed by atoms with E-state index in [1.807, 2.05) is 47.5 Å². The average Bonchev–Trinajstić information content (AvgIpc) is 3.78. The van der Waals surface area contributed by atoms with Crippen LogP contribution in [0, 0.1) is 0 Å². The third kappa shape index (κ3) is 4.09. The van der Waals surface area contributed by atoms with Gasteiger partial charge in [0.15, 0.2) is 0 Å². The van der Waals surface area contributed by atoms with Crippen LogP contribution in [0.4, 0.5) is 0 Å². The number of nitrogens with one attached hydrogen (secondary N) is 1. The summed E-state index contributed by atoms with van der Waals surface area (Å²) in [6.45, 7) is 2.96. The SMILES string of the molecule is Cn1cc2cc(-c3n[nH]c4ccc(-c5nnc([C@@H]6CCCN(Cc7csc8ccccc78)C6)o5)cc34)ccc2n1. The number of nitrogens with zero attached hydrogens (tertiary/aromatic N) is 6. The van der Waals surface area contributed by atoms with Gasteiger partial charge in [-0.05, 0) is 72.1 Å². The minimum absolute atomic E-state index is 0.235. The molecule has 7 aromatic rings. The van der Waals surface area contributed by atoms with Crippen LogP contribution in [0.3, 0.4) is 0 Å². The first kappa shape index (κ1) is 23.5. The van der Waals surface area contributed by atoms with Gasteiger partial charge in [-0.3, -0.25) is 14.7 Å². The molecule has 1 saturated heterocycles. The minimum Gasteiger partial charge on any atom is -0.420 e. The Bertz CT molecular complexity index is 2000. The number of fused-ring (bicyclic) bond motifs is 3. The highest BCUT2D eigenvalue weighted by Crippen LogP contribution is 2.34. The molecule has 3 aromatic carbocycles. The first-order valence-electron chi connectivity index (χ1n) is 13.6. The van der Waals surface area contributed by atoms with Crippen LogP contribution in [0.1, 0.15) is 30.2 Å². The fourth-order valence-electron chi connectivity index (χ4n) is 5.98. The highest BCUT2D eigenvalue weighted by molar-refractivity contribution is 7.17. The summed E-state index contributed by atoms with van der Waals surface area (Å²) in [4.78, 5) is 2.52. The third-order valence-electron chi connectivity index (χ3n) is 7.95. The van der Waals surface area contributed by atoms with Crippen LogP contribution in [0.5, 0.6) is 0 Å². The fraction of sp³-hybridized carbons (Fsp3) is 0.226. The highest BCUT2D eigenvalue weighted by atomic mass is 32.1. The standard InChI is InChI=1S/C31H27N7OS/c1-37-15-22-13-19(8-10-26(22)36-37)29-25-14-20(9-11-27(25)32-33-29)30-34-35-31(39-30)21-5-4-12-38(16-21)17-23-18-40-28-7-3-2-6-24(23)28/h2-3,6-11,13-15,18,21H,4-5,12,16-17H2,1H3,(H,32,33)/t21-/m1/s1. The van der Waals surface area contributed by atoms with E-state index in [1.165, 1.54) is 15.6 Å². The minimum atomic E-state index is 0.235. The van der Waals surface area contributed by atoms with Crippen molar-refractivity contribution in [1.82, 2.24) is 35.1 Å². The zero-order valence-corrected chi connectivity index (χ0v) is 22.9. The average molecular weight is 546 g/mol. The number of benzene rings is 3. The van der Waals surface area contributed by atoms with Crippen molar-refractivity contribution in [2.75, 3.05) is 13.1 Å². The van der Waals surface area contributed by atoms with Crippen molar-refractivity contribution in [2.45, 2.75) is 25.3 Å². The van der Waals surface area contributed by atoms with Crippen LogP contribution in [0.2, 0.25) is 0 Å². The van der Waals surface area contributed by atoms with Crippen molar-refractivity contribution in [2.24, 2.45) is 7.05 Å². The summed E-state index contributed by atoms with van der Waals surface area (Å²) in [5.41, 5.74) is 6.17. The van der Waals surface area contributed by atoms with E-state index >= 15 is 0 Å². The number of thiophene rings is 1. The third-order valence-corrected chi connectivity index (χ3v) is 8.96. The van der Waals surface area contributed by atoms with E-state index in [9.17, 15) is 0 Å². The summed E-state index contributed by atoms with van der Waals surface area (Å²) >= 11 is 1.82. The Morgan fingerprint density at radius 3 is 2.92 bits per heavy atom. The van der Waals surface area contributed by atoms with Gasteiger partial charge >= 0.3 is 0 Å². The number of H-pyrrole nitrogens is 1. The van der Waals surface area contributed by atoms with Gasteiger partial charge in [0.05, 0.1) is 22.6 Å². The summed E-state index contributed by atoms with van der Waals surface area (Å²) in [6.07, 6.45) is 4.20. The normalized spacial score (nSPS) is 16.5.